The van der Waals surface area contributed by atoms with Crippen LogP contribution in [0, 0.1) is 6.92 Å². The highest BCUT2D eigenvalue weighted by atomic mass is 16.5. The first-order chi connectivity index (χ1) is 9.13. The highest BCUT2D eigenvalue weighted by molar-refractivity contribution is 5.75. The second-order valence-corrected chi connectivity index (χ2v) is 4.44. The van der Waals surface area contributed by atoms with Gasteiger partial charge in [-0.3, -0.25) is 4.79 Å². The number of hydrogen-bond donors (Lipinski definition) is 1. The Morgan fingerprint density at radius 3 is 2.58 bits per heavy atom. The molecule has 0 aromatic heterocycles. The molecule has 0 fully saturated rings. The first kappa shape index (κ1) is 15.3. The van der Waals surface area contributed by atoms with Gasteiger partial charge in [0.05, 0.1) is 14.2 Å². The Morgan fingerprint density at radius 1 is 1.26 bits per heavy atom. The average molecular weight is 265 g/mol. The fourth-order valence-corrected chi connectivity index (χ4v) is 2.08. The molecule has 0 aliphatic heterocycles. The number of methoxy groups -OCH3 is 2. The molecule has 19 heavy (non-hydrogen) atoms. The van der Waals surface area contributed by atoms with Gasteiger partial charge in [0.1, 0.15) is 11.5 Å². The molecule has 0 saturated heterocycles. The minimum absolute atomic E-state index is 0.103. The minimum atomic E-state index is 0.103. The molecule has 1 rings (SSSR count). The van der Waals surface area contributed by atoms with Crippen LogP contribution in [0.2, 0.25) is 0 Å². The topological polar surface area (TPSA) is 47.6 Å². The van der Waals surface area contributed by atoms with E-state index < -0.39 is 0 Å². The summed E-state index contributed by atoms with van der Waals surface area (Å²) in [7, 11) is 3.30. The number of nitrogens with one attached hydrogen (secondary N) is 1. The lowest BCUT2D eigenvalue weighted by molar-refractivity contribution is -0.121. The SMILES string of the molecule is CCCC(=O)NCCc1ccc(OC)c(C)c1OC. The Morgan fingerprint density at radius 2 is 2.00 bits per heavy atom. The third-order valence-corrected chi connectivity index (χ3v) is 3.06. The van der Waals surface area contributed by atoms with Gasteiger partial charge in [0.25, 0.3) is 0 Å². The van der Waals surface area contributed by atoms with Gasteiger partial charge < -0.3 is 14.8 Å². The number of carbonyl (C=O) groups excluding carboxylic acids is 1. The zero-order valence-corrected chi connectivity index (χ0v) is 12.2. The Kier molecular flexibility index (Phi) is 6.19. The van der Waals surface area contributed by atoms with Gasteiger partial charge in [0.15, 0.2) is 0 Å². The van der Waals surface area contributed by atoms with Gasteiger partial charge in [0, 0.05) is 18.5 Å². The Labute approximate surface area is 115 Å². The zero-order chi connectivity index (χ0) is 14.3. The molecule has 0 aliphatic rings. The van der Waals surface area contributed by atoms with Gasteiger partial charge in [-0.05, 0) is 31.4 Å². The molecule has 4 heteroatoms. The summed E-state index contributed by atoms with van der Waals surface area (Å²) in [5.41, 5.74) is 2.07. The fourth-order valence-electron chi connectivity index (χ4n) is 2.08. The van der Waals surface area contributed by atoms with E-state index in [9.17, 15) is 4.79 Å². The van der Waals surface area contributed by atoms with Crippen molar-refractivity contribution in [1.29, 1.82) is 0 Å². The molecule has 1 aromatic rings. The third kappa shape index (κ3) is 4.16. The summed E-state index contributed by atoms with van der Waals surface area (Å²) < 4.78 is 10.7. The van der Waals surface area contributed by atoms with Gasteiger partial charge in [-0.25, -0.2) is 0 Å². The van der Waals surface area contributed by atoms with Crippen LogP contribution in [0.3, 0.4) is 0 Å². The maximum absolute atomic E-state index is 11.4. The summed E-state index contributed by atoms with van der Waals surface area (Å²) in [4.78, 5) is 11.4. The van der Waals surface area contributed by atoms with E-state index in [1.165, 1.54) is 0 Å². The molecular formula is C15H23NO3. The van der Waals surface area contributed by atoms with Crippen LogP contribution in [0.1, 0.15) is 30.9 Å². The van der Waals surface area contributed by atoms with E-state index in [0.717, 1.165) is 35.5 Å². The van der Waals surface area contributed by atoms with Crippen LogP contribution < -0.4 is 14.8 Å². The lowest BCUT2D eigenvalue weighted by Crippen LogP contribution is -2.25. The van der Waals surface area contributed by atoms with Gasteiger partial charge in [-0.1, -0.05) is 13.0 Å². The summed E-state index contributed by atoms with van der Waals surface area (Å²) in [6.45, 7) is 4.59. The molecule has 0 radical (unpaired) electrons. The van der Waals surface area contributed by atoms with Crippen molar-refractivity contribution in [3.8, 4) is 11.5 Å². The third-order valence-electron chi connectivity index (χ3n) is 3.06. The molecule has 1 aromatic carbocycles. The van der Waals surface area contributed by atoms with Crippen molar-refractivity contribution in [3.05, 3.63) is 23.3 Å². The molecule has 1 N–H and O–H groups in total. The van der Waals surface area contributed by atoms with E-state index >= 15 is 0 Å². The first-order valence-corrected chi connectivity index (χ1v) is 6.61. The quantitative estimate of drug-likeness (QED) is 0.824. The van der Waals surface area contributed by atoms with Gasteiger partial charge in [-0.15, -0.1) is 0 Å². The number of amides is 1. The van der Waals surface area contributed by atoms with Crippen molar-refractivity contribution in [2.24, 2.45) is 0 Å². The maximum Gasteiger partial charge on any atom is 0.219 e. The number of hydrogen-bond acceptors (Lipinski definition) is 3. The largest absolute Gasteiger partial charge is 0.496 e. The van der Waals surface area contributed by atoms with Crippen molar-refractivity contribution < 1.29 is 14.3 Å². The van der Waals surface area contributed by atoms with Crippen LogP contribution in [0.25, 0.3) is 0 Å². The van der Waals surface area contributed by atoms with Crippen molar-refractivity contribution in [2.45, 2.75) is 33.1 Å². The van der Waals surface area contributed by atoms with Crippen LogP contribution in [0.4, 0.5) is 0 Å². The van der Waals surface area contributed by atoms with E-state index in [1.54, 1.807) is 14.2 Å². The minimum Gasteiger partial charge on any atom is -0.496 e. The van der Waals surface area contributed by atoms with Crippen LogP contribution in [0.5, 0.6) is 11.5 Å². The van der Waals surface area contributed by atoms with E-state index in [1.807, 2.05) is 26.0 Å². The normalized spacial score (nSPS) is 10.1. The van der Waals surface area contributed by atoms with Gasteiger partial charge in [-0.2, -0.15) is 0 Å². The molecule has 0 unspecified atom stereocenters. The highest BCUT2D eigenvalue weighted by Crippen LogP contribution is 2.31. The first-order valence-electron chi connectivity index (χ1n) is 6.61. The van der Waals surface area contributed by atoms with Crippen molar-refractivity contribution in [1.82, 2.24) is 5.32 Å². The van der Waals surface area contributed by atoms with Crippen molar-refractivity contribution in [2.75, 3.05) is 20.8 Å². The van der Waals surface area contributed by atoms with Crippen LogP contribution in [-0.2, 0) is 11.2 Å². The van der Waals surface area contributed by atoms with Crippen LogP contribution >= 0.6 is 0 Å². The number of ether oxygens (including phenoxy) is 2. The fraction of sp³-hybridized carbons (Fsp3) is 0.533. The highest BCUT2D eigenvalue weighted by Gasteiger charge is 2.11. The molecule has 0 spiro atoms. The molecule has 0 aliphatic carbocycles. The van der Waals surface area contributed by atoms with E-state index in [0.29, 0.717) is 13.0 Å². The molecule has 0 atom stereocenters. The van der Waals surface area contributed by atoms with Crippen LogP contribution in [-0.4, -0.2) is 26.7 Å². The van der Waals surface area contributed by atoms with E-state index in [4.69, 9.17) is 9.47 Å². The summed E-state index contributed by atoms with van der Waals surface area (Å²) in [6, 6.07) is 3.91. The molecule has 1 amide bonds. The molecule has 4 nitrogen and oxygen atoms in total. The predicted octanol–water partition coefficient (Wildman–Crippen LogP) is 2.47. The predicted molar refractivity (Wildman–Crippen MR) is 75.9 cm³/mol. The summed E-state index contributed by atoms with van der Waals surface area (Å²) >= 11 is 0. The molecule has 0 saturated carbocycles. The van der Waals surface area contributed by atoms with Gasteiger partial charge >= 0.3 is 0 Å². The Balaban J connectivity index is 2.68. The van der Waals surface area contributed by atoms with Crippen LogP contribution in [0.15, 0.2) is 12.1 Å². The van der Waals surface area contributed by atoms with Crippen molar-refractivity contribution in [3.63, 3.8) is 0 Å². The van der Waals surface area contributed by atoms with Gasteiger partial charge in [0.2, 0.25) is 5.91 Å². The smallest absolute Gasteiger partial charge is 0.219 e. The van der Waals surface area contributed by atoms with E-state index in [-0.39, 0.29) is 5.91 Å². The van der Waals surface area contributed by atoms with E-state index in [2.05, 4.69) is 5.32 Å². The second-order valence-electron chi connectivity index (χ2n) is 4.44. The molecular weight excluding hydrogens is 242 g/mol. The average Bonchev–Trinajstić information content (AvgIpc) is 2.39. The lowest BCUT2D eigenvalue weighted by atomic mass is 10.1. The molecule has 0 bridgehead atoms. The van der Waals surface area contributed by atoms with Crippen molar-refractivity contribution >= 4 is 5.91 Å². The summed E-state index contributed by atoms with van der Waals surface area (Å²) in [5.74, 6) is 1.76. The second kappa shape index (κ2) is 7.67. The lowest BCUT2D eigenvalue weighted by Gasteiger charge is -2.14. The molecule has 0 heterocycles. The maximum atomic E-state index is 11.4. The number of benzene rings is 1. The molecule has 106 valence electrons. The number of carbonyl (C=O) groups is 1. The zero-order valence-electron chi connectivity index (χ0n) is 12.2. The summed E-state index contributed by atoms with van der Waals surface area (Å²) in [6.07, 6.45) is 2.21. The number of rotatable bonds is 7. The summed E-state index contributed by atoms with van der Waals surface area (Å²) in [5, 5.41) is 2.91. The Bertz CT molecular complexity index is 430. The standard InChI is InChI=1S/C15H23NO3/c1-5-6-14(17)16-10-9-12-7-8-13(18-3)11(2)15(12)19-4/h7-8H,5-6,9-10H2,1-4H3,(H,16,17). The monoisotopic (exact) mass is 265 g/mol. The Hall–Kier alpha value is -1.71.